The van der Waals surface area contributed by atoms with Crippen molar-refractivity contribution in [2.75, 3.05) is 7.11 Å². The van der Waals surface area contributed by atoms with Gasteiger partial charge in [-0.2, -0.15) is 0 Å². The van der Waals surface area contributed by atoms with Gasteiger partial charge in [0.2, 0.25) is 0 Å². The molecule has 0 aliphatic heterocycles. The van der Waals surface area contributed by atoms with Gasteiger partial charge >= 0.3 is 0 Å². The van der Waals surface area contributed by atoms with E-state index < -0.39 is 0 Å². The van der Waals surface area contributed by atoms with Crippen LogP contribution in [0.3, 0.4) is 0 Å². The molecule has 1 heteroatoms. The first-order chi connectivity index (χ1) is 9.70. The van der Waals surface area contributed by atoms with Gasteiger partial charge in [0.05, 0.1) is 7.11 Å². The molecule has 1 nitrogen and oxygen atoms in total. The van der Waals surface area contributed by atoms with Crippen molar-refractivity contribution in [1.29, 1.82) is 0 Å². The predicted molar refractivity (Wildman–Crippen MR) is 85.1 cm³/mol. The van der Waals surface area contributed by atoms with E-state index in [-0.39, 0.29) is 0 Å². The Hall–Kier alpha value is -2.02. The molecule has 0 fully saturated rings. The van der Waals surface area contributed by atoms with Crippen LogP contribution in [0.1, 0.15) is 34.2 Å². The third kappa shape index (κ3) is 2.14. The molecule has 0 N–H and O–H groups in total. The maximum absolute atomic E-state index is 5.55. The minimum Gasteiger partial charge on any atom is -0.496 e. The van der Waals surface area contributed by atoms with Crippen molar-refractivity contribution in [3.05, 3.63) is 64.2 Å². The van der Waals surface area contributed by atoms with Crippen LogP contribution in [0.4, 0.5) is 0 Å². The van der Waals surface area contributed by atoms with E-state index in [2.05, 4.69) is 56.3 Å². The Morgan fingerprint density at radius 3 is 2.55 bits per heavy atom. The lowest BCUT2D eigenvalue weighted by Gasteiger charge is -2.20. The molecule has 0 aromatic heterocycles. The molecule has 0 spiro atoms. The lowest BCUT2D eigenvalue weighted by molar-refractivity contribution is 0.408. The van der Waals surface area contributed by atoms with E-state index in [4.69, 9.17) is 4.74 Å². The molecular weight excluding hydrogens is 244 g/mol. The standard InChI is InChI=1S/C19H20O/c1-13-8-11-18(14(2)19(13)20-3)17-10-9-15-6-4-5-7-16(15)12-17/h4-8,11-12H,9-10H2,1-3H3. The molecule has 1 aliphatic carbocycles. The minimum atomic E-state index is 1.02. The monoisotopic (exact) mass is 264 g/mol. The van der Waals surface area contributed by atoms with Gasteiger partial charge < -0.3 is 4.74 Å². The van der Waals surface area contributed by atoms with E-state index in [9.17, 15) is 0 Å². The molecule has 0 bridgehead atoms. The van der Waals surface area contributed by atoms with E-state index >= 15 is 0 Å². The molecular formula is C19H20O. The molecule has 1 aliphatic rings. The maximum atomic E-state index is 5.55. The van der Waals surface area contributed by atoms with Crippen molar-refractivity contribution in [3.8, 4) is 5.75 Å². The number of ether oxygens (including phenoxy) is 1. The summed E-state index contributed by atoms with van der Waals surface area (Å²) >= 11 is 0. The summed E-state index contributed by atoms with van der Waals surface area (Å²) in [5, 5.41) is 0. The van der Waals surface area contributed by atoms with Crippen molar-refractivity contribution >= 4 is 11.6 Å². The summed E-state index contributed by atoms with van der Waals surface area (Å²) in [5.74, 6) is 1.02. The van der Waals surface area contributed by atoms with E-state index in [1.165, 1.54) is 33.4 Å². The molecule has 0 atom stereocenters. The van der Waals surface area contributed by atoms with Gasteiger partial charge in [0, 0.05) is 0 Å². The van der Waals surface area contributed by atoms with Crippen LogP contribution in [-0.2, 0) is 6.42 Å². The number of hydrogen-bond donors (Lipinski definition) is 0. The van der Waals surface area contributed by atoms with Crippen LogP contribution in [0.5, 0.6) is 5.75 Å². The smallest absolute Gasteiger partial charge is 0.125 e. The second kappa shape index (κ2) is 5.16. The van der Waals surface area contributed by atoms with Crippen LogP contribution in [0, 0.1) is 13.8 Å². The van der Waals surface area contributed by atoms with Crippen molar-refractivity contribution in [2.45, 2.75) is 26.7 Å². The summed E-state index contributed by atoms with van der Waals surface area (Å²) in [5.41, 5.74) is 7.99. The van der Waals surface area contributed by atoms with E-state index in [1.807, 2.05) is 0 Å². The molecule has 2 aromatic rings. The predicted octanol–water partition coefficient (Wildman–Crippen LogP) is 4.80. The van der Waals surface area contributed by atoms with Gasteiger partial charge in [0.25, 0.3) is 0 Å². The topological polar surface area (TPSA) is 9.23 Å². The van der Waals surface area contributed by atoms with Crippen LogP contribution in [-0.4, -0.2) is 7.11 Å². The van der Waals surface area contributed by atoms with Gasteiger partial charge in [-0.3, -0.25) is 0 Å². The van der Waals surface area contributed by atoms with Crippen molar-refractivity contribution in [3.63, 3.8) is 0 Å². The van der Waals surface area contributed by atoms with E-state index in [0.29, 0.717) is 0 Å². The molecule has 0 unspecified atom stereocenters. The van der Waals surface area contributed by atoms with Crippen LogP contribution in [0.2, 0.25) is 0 Å². The first kappa shape index (κ1) is 13.0. The number of allylic oxidation sites excluding steroid dienone is 1. The molecule has 0 radical (unpaired) electrons. The highest BCUT2D eigenvalue weighted by atomic mass is 16.5. The normalized spacial score (nSPS) is 13.7. The van der Waals surface area contributed by atoms with E-state index in [1.54, 1.807) is 7.11 Å². The highest BCUT2D eigenvalue weighted by molar-refractivity contribution is 5.86. The van der Waals surface area contributed by atoms with Crippen LogP contribution in [0.15, 0.2) is 36.4 Å². The fourth-order valence-electron chi connectivity index (χ4n) is 3.13. The average molecular weight is 264 g/mol. The second-order valence-corrected chi connectivity index (χ2v) is 5.46. The van der Waals surface area contributed by atoms with Gasteiger partial charge in [-0.15, -0.1) is 0 Å². The summed E-state index contributed by atoms with van der Waals surface area (Å²) in [4.78, 5) is 0. The van der Waals surface area contributed by atoms with Gasteiger partial charge in [0.1, 0.15) is 5.75 Å². The Labute approximate surface area is 120 Å². The van der Waals surface area contributed by atoms with Gasteiger partial charge in [-0.05, 0) is 60.1 Å². The Morgan fingerprint density at radius 2 is 1.75 bits per heavy atom. The number of aryl methyl sites for hydroxylation is 2. The quantitative estimate of drug-likeness (QED) is 0.757. The number of hydrogen-bond acceptors (Lipinski definition) is 1. The summed E-state index contributed by atoms with van der Waals surface area (Å²) in [6.45, 7) is 4.25. The summed E-state index contributed by atoms with van der Waals surface area (Å²) < 4.78 is 5.55. The zero-order chi connectivity index (χ0) is 14.1. The molecule has 0 heterocycles. The Balaban J connectivity index is 2.09. The third-order valence-electron chi connectivity index (χ3n) is 4.20. The Bertz CT molecular complexity index is 680. The van der Waals surface area contributed by atoms with Crippen molar-refractivity contribution in [1.82, 2.24) is 0 Å². The summed E-state index contributed by atoms with van der Waals surface area (Å²) in [6, 6.07) is 13.1. The largest absolute Gasteiger partial charge is 0.496 e. The first-order valence-corrected chi connectivity index (χ1v) is 7.13. The summed E-state index contributed by atoms with van der Waals surface area (Å²) in [7, 11) is 1.75. The molecule has 102 valence electrons. The fourth-order valence-corrected chi connectivity index (χ4v) is 3.13. The van der Waals surface area contributed by atoms with E-state index in [0.717, 1.165) is 18.6 Å². The van der Waals surface area contributed by atoms with Gasteiger partial charge in [0.15, 0.2) is 0 Å². The van der Waals surface area contributed by atoms with Crippen LogP contribution < -0.4 is 4.74 Å². The van der Waals surface area contributed by atoms with Gasteiger partial charge in [-0.25, -0.2) is 0 Å². The SMILES string of the molecule is COc1c(C)ccc(C2=Cc3ccccc3CC2)c1C. The molecule has 0 saturated heterocycles. The number of benzene rings is 2. The van der Waals surface area contributed by atoms with Crippen LogP contribution >= 0.6 is 0 Å². The molecule has 2 aromatic carbocycles. The highest BCUT2D eigenvalue weighted by Gasteiger charge is 2.15. The highest BCUT2D eigenvalue weighted by Crippen LogP contribution is 2.35. The summed E-state index contributed by atoms with van der Waals surface area (Å²) in [6.07, 6.45) is 4.55. The molecule has 0 amide bonds. The molecule has 0 saturated carbocycles. The number of fused-ring (bicyclic) bond motifs is 1. The molecule has 3 rings (SSSR count). The van der Waals surface area contributed by atoms with Crippen molar-refractivity contribution < 1.29 is 4.74 Å². The lowest BCUT2D eigenvalue weighted by Crippen LogP contribution is -2.01. The van der Waals surface area contributed by atoms with Gasteiger partial charge in [-0.1, -0.05) is 42.5 Å². The minimum absolute atomic E-state index is 1.02. The lowest BCUT2D eigenvalue weighted by atomic mass is 9.86. The molecule has 20 heavy (non-hydrogen) atoms. The Kier molecular flexibility index (Phi) is 3.35. The number of rotatable bonds is 2. The first-order valence-electron chi connectivity index (χ1n) is 7.13. The zero-order valence-corrected chi connectivity index (χ0v) is 12.4. The Morgan fingerprint density at radius 1 is 0.950 bits per heavy atom. The maximum Gasteiger partial charge on any atom is 0.125 e. The third-order valence-corrected chi connectivity index (χ3v) is 4.20. The van der Waals surface area contributed by atoms with Crippen molar-refractivity contribution in [2.24, 2.45) is 0 Å². The fraction of sp³-hybridized carbons (Fsp3) is 0.263. The van der Waals surface area contributed by atoms with Crippen LogP contribution in [0.25, 0.3) is 11.6 Å². The zero-order valence-electron chi connectivity index (χ0n) is 12.4. The second-order valence-electron chi connectivity index (χ2n) is 5.46. The average Bonchev–Trinajstić information content (AvgIpc) is 2.47. The number of methoxy groups -OCH3 is 1.